The van der Waals surface area contributed by atoms with Gasteiger partial charge in [0.1, 0.15) is 4.90 Å². The molecule has 0 bridgehead atoms. The standard InChI is InChI=1S/C14H10N2O10S2/c17-11(18)5-27-9-3-1-8-7(13(9)15(21)22)2-4-10(14(8)16(23)24)28(25,26)6-12(19)20/h1-4H,5-6H2,(H,17,18)(H,19,20). The molecular formula is C14H10N2O10S2. The fraction of sp³-hybridized carbons (Fsp3) is 0.143. The van der Waals surface area contributed by atoms with Gasteiger partial charge in [-0.3, -0.25) is 29.8 Å². The quantitative estimate of drug-likeness (QED) is 0.351. The van der Waals surface area contributed by atoms with Crippen molar-refractivity contribution >= 4 is 55.7 Å². The topological polar surface area (TPSA) is 195 Å². The number of nitro groups is 2. The molecule has 0 amide bonds. The number of benzene rings is 2. The number of rotatable bonds is 8. The molecule has 0 heterocycles. The Bertz CT molecular complexity index is 1130. The number of carbonyl (C=O) groups is 2. The first kappa shape index (κ1) is 21.0. The number of carboxylic acids is 2. The molecule has 0 aliphatic rings. The van der Waals surface area contributed by atoms with E-state index in [0.717, 1.165) is 24.3 Å². The van der Waals surface area contributed by atoms with E-state index in [0.29, 0.717) is 11.8 Å². The maximum absolute atomic E-state index is 12.2. The van der Waals surface area contributed by atoms with Gasteiger partial charge in [0.25, 0.3) is 11.4 Å². The normalized spacial score (nSPS) is 11.3. The van der Waals surface area contributed by atoms with Crippen molar-refractivity contribution in [3.63, 3.8) is 0 Å². The van der Waals surface area contributed by atoms with Crippen LogP contribution in [0.5, 0.6) is 0 Å². The van der Waals surface area contributed by atoms with Gasteiger partial charge in [0, 0.05) is 0 Å². The molecule has 2 N–H and O–H groups in total. The fourth-order valence-electron chi connectivity index (χ4n) is 2.46. The van der Waals surface area contributed by atoms with E-state index in [1.807, 2.05) is 0 Å². The van der Waals surface area contributed by atoms with Crippen molar-refractivity contribution in [2.75, 3.05) is 11.5 Å². The average Bonchev–Trinajstić information content (AvgIpc) is 2.56. The van der Waals surface area contributed by atoms with Crippen LogP contribution in [0, 0.1) is 20.2 Å². The monoisotopic (exact) mass is 430 g/mol. The highest BCUT2D eigenvalue weighted by atomic mass is 32.2. The summed E-state index contributed by atoms with van der Waals surface area (Å²) in [7, 11) is -4.59. The van der Waals surface area contributed by atoms with Gasteiger partial charge in [-0.1, -0.05) is 0 Å². The Morgan fingerprint density at radius 2 is 1.46 bits per heavy atom. The predicted octanol–water partition coefficient (Wildman–Crippen LogP) is 1.69. The van der Waals surface area contributed by atoms with Crippen LogP contribution < -0.4 is 0 Å². The lowest BCUT2D eigenvalue weighted by molar-refractivity contribution is -0.387. The first-order valence-electron chi connectivity index (χ1n) is 7.13. The molecule has 28 heavy (non-hydrogen) atoms. The summed E-state index contributed by atoms with van der Waals surface area (Å²) in [4.78, 5) is 41.5. The molecule has 0 fully saturated rings. The molecule has 148 valence electrons. The number of hydrogen-bond acceptors (Lipinski definition) is 9. The van der Waals surface area contributed by atoms with E-state index in [4.69, 9.17) is 10.2 Å². The van der Waals surface area contributed by atoms with Crippen LogP contribution >= 0.6 is 11.8 Å². The van der Waals surface area contributed by atoms with E-state index in [9.17, 15) is 38.2 Å². The number of nitrogens with zero attached hydrogens (tertiary/aromatic N) is 2. The molecule has 0 spiro atoms. The van der Waals surface area contributed by atoms with Crippen molar-refractivity contribution < 1.29 is 38.1 Å². The molecule has 2 aromatic carbocycles. The van der Waals surface area contributed by atoms with Crippen molar-refractivity contribution in [2.24, 2.45) is 0 Å². The number of nitro benzene ring substituents is 2. The van der Waals surface area contributed by atoms with E-state index in [2.05, 4.69) is 0 Å². The molecule has 0 unspecified atom stereocenters. The van der Waals surface area contributed by atoms with Crippen LogP contribution in [-0.4, -0.2) is 51.9 Å². The van der Waals surface area contributed by atoms with Gasteiger partial charge < -0.3 is 10.2 Å². The van der Waals surface area contributed by atoms with E-state index in [1.165, 1.54) is 0 Å². The van der Waals surface area contributed by atoms with Gasteiger partial charge in [-0.05, 0) is 24.3 Å². The highest BCUT2D eigenvalue weighted by Crippen LogP contribution is 2.41. The molecule has 12 nitrogen and oxygen atoms in total. The van der Waals surface area contributed by atoms with Gasteiger partial charge in [0.15, 0.2) is 15.6 Å². The summed E-state index contributed by atoms with van der Waals surface area (Å²) >= 11 is 0.624. The maximum atomic E-state index is 12.2. The molecule has 0 saturated carbocycles. The van der Waals surface area contributed by atoms with E-state index in [-0.39, 0.29) is 15.7 Å². The largest absolute Gasteiger partial charge is 0.481 e. The van der Waals surface area contributed by atoms with E-state index in [1.54, 1.807) is 0 Å². The van der Waals surface area contributed by atoms with Crippen molar-refractivity contribution in [1.29, 1.82) is 0 Å². The number of fused-ring (bicyclic) bond motifs is 1. The van der Waals surface area contributed by atoms with Crippen LogP contribution in [0.1, 0.15) is 0 Å². The van der Waals surface area contributed by atoms with Crippen molar-refractivity contribution in [2.45, 2.75) is 9.79 Å². The van der Waals surface area contributed by atoms with Crippen LogP contribution in [0.4, 0.5) is 11.4 Å². The molecule has 0 aliphatic carbocycles. The Morgan fingerprint density at radius 3 is 1.96 bits per heavy atom. The Hall–Kier alpha value is -3.26. The Morgan fingerprint density at radius 1 is 0.929 bits per heavy atom. The fourth-order valence-corrected chi connectivity index (χ4v) is 4.46. The van der Waals surface area contributed by atoms with E-state index < -0.39 is 59.4 Å². The van der Waals surface area contributed by atoms with Crippen LogP contribution in [-0.2, 0) is 19.4 Å². The minimum atomic E-state index is -4.59. The van der Waals surface area contributed by atoms with Gasteiger partial charge in [-0.25, -0.2) is 8.42 Å². The zero-order valence-corrected chi connectivity index (χ0v) is 15.2. The summed E-state index contributed by atoms with van der Waals surface area (Å²) < 4.78 is 24.4. The lowest BCUT2D eigenvalue weighted by Crippen LogP contribution is -2.16. The smallest absolute Gasteiger partial charge is 0.319 e. The number of hydrogen-bond donors (Lipinski definition) is 2. The number of sulfone groups is 1. The van der Waals surface area contributed by atoms with Crippen molar-refractivity contribution in [1.82, 2.24) is 0 Å². The van der Waals surface area contributed by atoms with Gasteiger partial charge in [0.2, 0.25) is 0 Å². The van der Waals surface area contributed by atoms with Crippen LogP contribution in [0.15, 0.2) is 34.1 Å². The third kappa shape index (κ3) is 4.17. The summed E-state index contributed by atoms with van der Waals surface area (Å²) in [6.45, 7) is 0. The lowest BCUT2D eigenvalue weighted by atomic mass is 10.1. The first-order chi connectivity index (χ1) is 13.0. The van der Waals surface area contributed by atoms with Crippen molar-refractivity contribution in [3.05, 3.63) is 44.5 Å². The second kappa shape index (κ2) is 7.77. The van der Waals surface area contributed by atoms with Gasteiger partial charge in [-0.2, -0.15) is 0 Å². The van der Waals surface area contributed by atoms with E-state index >= 15 is 0 Å². The van der Waals surface area contributed by atoms with Gasteiger partial charge in [0.05, 0.1) is 31.3 Å². The molecule has 0 atom stereocenters. The minimum absolute atomic E-state index is 0.0738. The van der Waals surface area contributed by atoms with Crippen LogP contribution in [0.3, 0.4) is 0 Å². The SMILES string of the molecule is O=C(O)CSc1ccc2c([N+](=O)[O-])c(S(=O)(=O)CC(=O)O)ccc2c1[N+](=O)[O-]. The van der Waals surface area contributed by atoms with Gasteiger partial charge in [-0.15, -0.1) is 11.8 Å². The zero-order valence-electron chi connectivity index (χ0n) is 13.6. The van der Waals surface area contributed by atoms with Gasteiger partial charge >= 0.3 is 11.9 Å². The summed E-state index contributed by atoms with van der Waals surface area (Å²) in [5, 5.41) is 39.8. The second-order valence-corrected chi connectivity index (χ2v) is 8.24. The molecule has 0 radical (unpaired) electrons. The molecule has 0 aliphatic heterocycles. The second-order valence-electron chi connectivity index (χ2n) is 5.27. The number of thioether (sulfide) groups is 1. The number of aliphatic carboxylic acids is 2. The third-order valence-electron chi connectivity index (χ3n) is 3.43. The Kier molecular flexibility index (Phi) is 5.84. The maximum Gasteiger partial charge on any atom is 0.319 e. The summed E-state index contributed by atoms with van der Waals surface area (Å²) in [5.74, 6) is -4.85. The highest BCUT2D eigenvalue weighted by molar-refractivity contribution is 8.00. The lowest BCUT2D eigenvalue weighted by Gasteiger charge is -2.09. The predicted molar refractivity (Wildman–Crippen MR) is 95.3 cm³/mol. The zero-order chi connectivity index (χ0) is 21.2. The minimum Gasteiger partial charge on any atom is -0.481 e. The number of carboxylic acid groups (broad SMARTS) is 2. The molecule has 2 rings (SSSR count). The van der Waals surface area contributed by atoms with Crippen molar-refractivity contribution in [3.8, 4) is 0 Å². The Balaban J connectivity index is 2.85. The molecule has 0 aromatic heterocycles. The third-order valence-corrected chi connectivity index (χ3v) is 6.09. The summed E-state index contributed by atoms with van der Waals surface area (Å²) in [6, 6.07) is 3.83. The molecule has 14 heteroatoms. The molecular weight excluding hydrogens is 420 g/mol. The average molecular weight is 430 g/mol. The summed E-state index contributed by atoms with van der Waals surface area (Å²) in [6.07, 6.45) is 0. The molecule has 2 aromatic rings. The highest BCUT2D eigenvalue weighted by Gasteiger charge is 2.32. The Labute approximate surface area is 160 Å². The first-order valence-corrected chi connectivity index (χ1v) is 9.77. The summed E-state index contributed by atoms with van der Waals surface area (Å²) in [5.41, 5.74) is -1.61. The van der Waals surface area contributed by atoms with Crippen LogP contribution in [0.25, 0.3) is 10.8 Å². The van der Waals surface area contributed by atoms with Crippen LogP contribution in [0.2, 0.25) is 0 Å². The molecule has 0 saturated heterocycles.